The summed E-state index contributed by atoms with van der Waals surface area (Å²) < 4.78 is 0. The van der Waals surface area contributed by atoms with E-state index >= 15 is 0 Å². The highest BCUT2D eigenvalue weighted by atomic mass is 16.1. The van der Waals surface area contributed by atoms with Crippen LogP contribution in [0.5, 0.6) is 0 Å². The molecule has 1 nitrogen and oxygen atoms in total. The average Bonchev–Trinajstić information content (AvgIpc) is 1.88. The van der Waals surface area contributed by atoms with Gasteiger partial charge in [-0.1, -0.05) is 25.2 Å². The van der Waals surface area contributed by atoms with Crippen LogP contribution in [0.1, 0.15) is 20.8 Å². The Bertz CT molecular complexity index is 154. The molecule has 0 aromatic carbocycles. The number of allylic oxidation sites excluding steroid dienone is 4. The van der Waals surface area contributed by atoms with E-state index in [4.69, 9.17) is 0 Å². The van der Waals surface area contributed by atoms with Gasteiger partial charge in [0.05, 0.1) is 0 Å². The molecule has 1 atom stereocenters. The lowest BCUT2D eigenvalue weighted by Gasteiger charge is -1.96. The van der Waals surface area contributed by atoms with Crippen LogP contribution in [0.2, 0.25) is 0 Å². The summed E-state index contributed by atoms with van der Waals surface area (Å²) in [5.74, 6) is 0.371. The normalized spacial score (nSPS) is 15.7. The van der Waals surface area contributed by atoms with Crippen LogP contribution >= 0.6 is 0 Å². The number of rotatable bonds is 3. The summed E-state index contributed by atoms with van der Waals surface area (Å²) in [6.45, 7) is 5.83. The monoisotopic (exact) mass is 138 g/mol. The Labute approximate surface area is 62.4 Å². The molecule has 0 aromatic heterocycles. The lowest BCUT2D eigenvalue weighted by molar-refractivity contribution is -0.104. The summed E-state index contributed by atoms with van der Waals surface area (Å²) in [6.07, 6.45) is 6.85. The van der Waals surface area contributed by atoms with Gasteiger partial charge in [-0.15, -0.1) is 0 Å². The van der Waals surface area contributed by atoms with E-state index in [1.165, 1.54) is 0 Å². The van der Waals surface area contributed by atoms with Crippen molar-refractivity contribution < 1.29 is 4.79 Å². The Morgan fingerprint density at radius 2 is 2.10 bits per heavy atom. The molecule has 10 heavy (non-hydrogen) atoms. The van der Waals surface area contributed by atoms with Crippen molar-refractivity contribution >= 4 is 6.29 Å². The summed E-state index contributed by atoms with van der Waals surface area (Å²) in [5, 5.41) is 0. The number of carbonyl (C=O) groups excluding carboxylic acids is 1. The second kappa shape index (κ2) is 4.98. The van der Waals surface area contributed by atoms with E-state index in [2.05, 4.69) is 0 Å². The van der Waals surface area contributed by atoms with Crippen LogP contribution in [0.25, 0.3) is 0 Å². The van der Waals surface area contributed by atoms with E-state index in [1.807, 2.05) is 39.0 Å². The second-order valence-corrected chi connectivity index (χ2v) is 2.41. The van der Waals surface area contributed by atoms with E-state index in [0.29, 0.717) is 5.92 Å². The fraction of sp³-hybridized carbons (Fsp3) is 0.444. The molecule has 0 aliphatic rings. The van der Waals surface area contributed by atoms with E-state index in [1.54, 1.807) is 0 Å². The third kappa shape index (κ3) is 4.07. The first-order valence-electron chi connectivity index (χ1n) is 3.47. The van der Waals surface area contributed by atoms with Crippen LogP contribution in [-0.4, -0.2) is 6.29 Å². The first-order chi connectivity index (χ1) is 4.70. The van der Waals surface area contributed by atoms with Crippen LogP contribution in [0.4, 0.5) is 0 Å². The molecule has 0 saturated heterocycles. The van der Waals surface area contributed by atoms with E-state index in [9.17, 15) is 4.79 Å². The molecular formula is C9H14O. The number of carbonyl (C=O) groups is 1. The minimum Gasteiger partial charge on any atom is -0.298 e. The summed E-state index contributed by atoms with van der Waals surface area (Å²) in [5.41, 5.74) is 0.797. The Morgan fingerprint density at radius 1 is 1.50 bits per heavy atom. The molecule has 0 saturated carbocycles. The highest BCUT2D eigenvalue weighted by molar-refractivity contribution is 5.72. The number of hydrogen-bond donors (Lipinski definition) is 0. The predicted molar refractivity (Wildman–Crippen MR) is 43.8 cm³/mol. The molecule has 0 aromatic rings. The quantitative estimate of drug-likeness (QED) is 0.332. The smallest absolute Gasteiger partial charge is 0.145 e. The lowest BCUT2D eigenvalue weighted by Crippen LogP contribution is -1.85. The molecule has 0 rings (SSSR count). The zero-order chi connectivity index (χ0) is 7.98. The van der Waals surface area contributed by atoms with Crippen molar-refractivity contribution in [3.05, 3.63) is 23.8 Å². The molecule has 0 bridgehead atoms. The second-order valence-electron chi connectivity index (χ2n) is 2.41. The van der Waals surface area contributed by atoms with Crippen molar-refractivity contribution in [2.45, 2.75) is 20.8 Å². The van der Waals surface area contributed by atoms with Crippen molar-refractivity contribution in [1.29, 1.82) is 0 Å². The van der Waals surface area contributed by atoms with Crippen LogP contribution in [0, 0.1) is 5.92 Å². The Balaban J connectivity index is 3.98. The fourth-order valence-electron chi connectivity index (χ4n) is 0.813. The maximum Gasteiger partial charge on any atom is 0.145 e. The molecular weight excluding hydrogens is 124 g/mol. The SMILES string of the molecule is C/C=C/C(C)/C=C(\C)C=O. The van der Waals surface area contributed by atoms with Gasteiger partial charge in [0.1, 0.15) is 6.29 Å². The Kier molecular flexibility index (Phi) is 4.55. The molecule has 0 fully saturated rings. The summed E-state index contributed by atoms with van der Waals surface area (Å²) in [7, 11) is 0. The van der Waals surface area contributed by atoms with E-state index < -0.39 is 0 Å². The predicted octanol–water partition coefficient (Wildman–Crippen LogP) is 2.34. The van der Waals surface area contributed by atoms with E-state index in [-0.39, 0.29) is 0 Å². The number of aldehydes is 1. The van der Waals surface area contributed by atoms with Gasteiger partial charge in [-0.3, -0.25) is 4.79 Å². The maximum atomic E-state index is 10.2. The van der Waals surface area contributed by atoms with Gasteiger partial charge in [0, 0.05) is 0 Å². The van der Waals surface area contributed by atoms with Crippen LogP contribution in [0.3, 0.4) is 0 Å². The number of hydrogen-bond acceptors (Lipinski definition) is 1. The van der Waals surface area contributed by atoms with Crippen molar-refractivity contribution in [1.82, 2.24) is 0 Å². The highest BCUT2D eigenvalue weighted by Gasteiger charge is 1.90. The molecule has 0 aliphatic heterocycles. The minimum absolute atomic E-state index is 0.371. The van der Waals surface area contributed by atoms with Crippen LogP contribution in [0.15, 0.2) is 23.8 Å². The third-order valence-corrected chi connectivity index (χ3v) is 1.21. The average molecular weight is 138 g/mol. The molecule has 0 N–H and O–H groups in total. The minimum atomic E-state index is 0.371. The topological polar surface area (TPSA) is 17.1 Å². The van der Waals surface area contributed by atoms with Gasteiger partial charge >= 0.3 is 0 Å². The zero-order valence-corrected chi connectivity index (χ0v) is 6.79. The molecule has 1 unspecified atom stereocenters. The summed E-state index contributed by atoms with van der Waals surface area (Å²) >= 11 is 0. The molecule has 56 valence electrons. The summed E-state index contributed by atoms with van der Waals surface area (Å²) in [6, 6.07) is 0. The lowest BCUT2D eigenvalue weighted by atomic mass is 10.1. The third-order valence-electron chi connectivity index (χ3n) is 1.21. The zero-order valence-electron chi connectivity index (χ0n) is 6.79. The van der Waals surface area contributed by atoms with Crippen molar-refractivity contribution in [2.24, 2.45) is 5.92 Å². The fourth-order valence-corrected chi connectivity index (χ4v) is 0.813. The van der Waals surface area contributed by atoms with Crippen LogP contribution in [-0.2, 0) is 4.79 Å². The van der Waals surface area contributed by atoms with Gasteiger partial charge in [-0.05, 0) is 25.3 Å². The van der Waals surface area contributed by atoms with E-state index in [0.717, 1.165) is 11.9 Å². The molecule has 0 spiro atoms. The highest BCUT2D eigenvalue weighted by Crippen LogP contribution is 2.01. The first kappa shape index (κ1) is 9.15. The molecule has 0 radical (unpaired) electrons. The van der Waals surface area contributed by atoms with Gasteiger partial charge in [-0.2, -0.15) is 0 Å². The first-order valence-corrected chi connectivity index (χ1v) is 3.47. The molecule has 0 amide bonds. The standard InChI is InChI=1S/C9H14O/c1-4-5-8(2)6-9(3)7-10/h4-8H,1-3H3/b5-4+,9-6+. The van der Waals surface area contributed by atoms with Gasteiger partial charge < -0.3 is 0 Å². The Hall–Kier alpha value is -0.850. The largest absolute Gasteiger partial charge is 0.298 e. The van der Waals surface area contributed by atoms with Crippen molar-refractivity contribution in [2.75, 3.05) is 0 Å². The maximum absolute atomic E-state index is 10.2. The molecule has 1 heteroatoms. The molecule has 0 heterocycles. The van der Waals surface area contributed by atoms with Crippen molar-refractivity contribution in [3.63, 3.8) is 0 Å². The molecule has 0 aliphatic carbocycles. The van der Waals surface area contributed by atoms with Gasteiger partial charge in [0.2, 0.25) is 0 Å². The van der Waals surface area contributed by atoms with Crippen LogP contribution < -0.4 is 0 Å². The van der Waals surface area contributed by atoms with Crippen molar-refractivity contribution in [3.8, 4) is 0 Å². The van der Waals surface area contributed by atoms with Gasteiger partial charge in [0.25, 0.3) is 0 Å². The van der Waals surface area contributed by atoms with Gasteiger partial charge in [0.15, 0.2) is 0 Å². The summed E-state index contributed by atoms with van der Waals surface area (Å²) in [4.78, 5) is 10.2. The Morgan fingerprint density at radius 3 is 2.50 bits per heavy atom. The van der Waals surface area contributed by atoms with Gasteiger partial charge in [-0.25, -0.2) is 0 Å².